The van der Waals surface area contributed by atoms with E-state index >= 15 is 0 Å². The number of aliphatic carboxylic acids is 1. The first-order chi connectivity index (χ1) is 11.4. The summed E-state index contributed by atoms with van der Waals surface area (Å²) < 4.78 is 10.4. The van der Waals surface area contributed by atoms with Gasteiger partial charge in [0, 0.05) is 12.6 Å². The molecule has 0 aliphatic rings. The van der Waals surface area contributed by atoms with E-state index in [0.29, 0.717) is 16.4 Å². The normalized spacial score (nSPS) is 10.3. The minimum absolute atomic E-state index is 0.149. The first-order valence-electron chi connectivity index (χ1n) is 7.21. The third-order valence-electron chi connectivity index (χ3n) is 3.45. The number of ether oxygens (including phenoxy) is 2. The summed E-state index contributed by atoms with van der Waals surface area (Å²) in [5, 5.41) is 11.0. The lowest BCUT2D eigenvalue weighted by Crippen LogP contribution is -2.35. The molecule has 0 saturated heterocycles. The van der Waals surface area contributed by atoms with Crippen molar-refractivity contribution in [3.05, 3.63) is 45.6 Å². The van der Waals surface area contributed by atoms with Crippen LogP contribution in [-0.2, 0) is 11.3 Å². The highest BCUT2D eigenvalue weighted by molar-refractivity contribution is 7.12. The second-order valence-corrected chi connectivity index (χ2v) is 6.12. The van der Waals surface area contributed by atoms with Gasteiger partial charge >= 0.3 is 5.97 Å². The summed E-state index contributed by atoms with van der Waals surface area (Å²) in [6.45, 7) is 1.60. The molecule has 0 fully saturated rings. The average Bonchev–Trinajstić information content (AvgIpc) is 2.98. The largest absolute Gasteiger partial charge is 0.497 e. The van der Waals surface area contributed by atoms with E-state index in [-0.39, 0.29) is 19.0 Å². The van der Waals surface area contributed by atoms with Gasteiger partial charge in [-0.15, -0.1) is 11.3 Å². The van der Waals surface area contributed by atoms with Crippen molar-refractivity contribution in [1.82, 2.24) is 4.90 Å². The molecule has 0 aliphatic carbocycles. The van der Waals surface area contributed by atoms with Gasteiger partial charge in [-0.2, -0.15) is 0 Å². The summed E-state index contributed by atoms with van der Waals surface area (Å²) >= 11 is 1.31. The quantitative estimate of drug-likeness (QED) is 0.832. The van der Waals surface area contributed by atoms with Crippen molar-refractivity contribution < 1.29 is 24.2 Å². The van der Waals surface area contributed by atoms with Crippen LogP contribution >= 0.6 is 11.3 Å². The molecule has 1 amide bonds. The Morgan fingerprint density at radius 2 is 1.79 bits per heavy atom. The van der Waals surface area contributed by atoms with E-state index in [9.17, 15) is 9.59 Å². The Bertz CT molecular complexity index is 718. The first-order valence-corrected chi connectivity index (χ1v) is 8.09. The SMILES string of the molecule is COc1cc(CN(CC(=O)O)C(=O)c2sccc2C)cc(OC)c1. The van der Waals surface area contributed by atoms with Crippen LogP contribution in [0.1, 0.15) is 20.8 Å². The van der Waals surface area contributed by atoms with E-state index < -0.39 is 5.97 Å². The Kier molecular flexibility index (Phi) is 5.81. The molecule has 1 N–H and O–H groups in total. The molecule has 0 saturated carbocycles. The Morgan fingerprint density at radius 3 is 2.25 bits per heavy atom. The number of hydrogen-bond acceptors (Lipinski definition) is 5. The maximum Gasteiger partial charge on any atom is 0.323 e. The Balaban J connectivity index is 2.31. The molecule has 1 heterocycles. The lowest BCUT2D eigenvalue weighted by molar-refractivity contribution is -0.137. The van der Waals surface area contributed by atoms with Gasteiger partial charge in [-0.1, -0.05) is 0 Å². The second-order valence-electron chi connectivity index (χ2n) is 5.21. The molecular formula is C17H19NO5S. The summed E-state index contributed by atoms with van der Waals surface area (Å²) in [6.07, 6.45) is 0. The number of nitrogens with zero attached hydrogens (tertiary/aromatic N) is 1. The molecule has 2 aromatic rings. The van der Waals surface area contributed by atoms with Crippen LogP contribution in [0.5, 0.6) is 11.5 Å². The molecule has 128 valence electrons. The van der Waals surface area contributed by atoms with E-state index in [1.165, 1.54) is 30.5 Å². The van der Waals surface area contributed by atoms with Crippen LogP contribution in [0, 0.1) is 6.92 Å². The highest BCUT2D eigenvalue weighted by Crippen LogP contribution is 2.25. The van der Waals surface area contributed by atoms with Crippen LogP contribution in [0.3, 0.4) is 0 Å². The standard InChI is InChI=1S/C17H19NO5S/c1-11-4-5-24-16(11)17(21)18(10-15(19)20)9-12-6-13(22-2)8-14(7-12)23-3/h4-8H,9-10H2,1-3H3,(H,19,20). The van der Waals surface area contributed by atoms with Crippen LogP contribution in [-0.4, -0.2) is 42.6 Å². The predicted octanol–water partition coefficient (Wildman–Crippen LogP) is 2.80. The third kappa shape index (κ3) is 4.26. The van der Waals surface area contributed by atoms with Crippen LogP contribution in [0.15, 0.2) is 29.6 Å². The minimum Gasteiger partial charge on any atom is -0.497 e. The fourth-order valence-corrected chi connectivity index (χ4v) is 3.17. The second kappa shape index (κ2) is 7.83. The van der Waals surface area contributed by atoms with Gasteiger partial charge in [-0.05, 0) is 41.6 Å². The molecule has 6 nitrogen and oxygen atoms in total. The van der Waals surface area contributed by atoms with Crippen molar-refractivity contribution in [3.63, 3.8) is 0 Å². The number of carboxylic acids is 1. The van der Waals surface area contributed by atoms with E-state index in [1.54, 1.807) is 18.2 Å². The molecule has 0 spiro atoms. The number of carbonyl (C=O) groups is 2. The summed E-state index contributed by atoms with van der Waals surface area (Å²) in [5.74, 6) is -0.196. The lowest BCUT2D eigenvalue weighted by Gasteiger charge is -2.21. The van der Waals surface area contributed by atoms with Gasteiger partial charge in [-0.3, -0.25) is 9.59 Å². The molecule has 0 atom stereocenters. The number of carbonyl (C=O) groups excluding carboxylic acids is 1. The molecule has 2 rings (SSSR count). The van der Waals surface area contributed by atoms with Crippen LogP contribution in [0.4, 0.5) is 0 Å². The van der Waals surface area contributed by atoms with E-state index in [4.69, 9.17) is 14.6 Å². The monoisotopic (exact) mass is 349 g/mol. The van der Waals surface area contributed by atoms with Crippen molar-refractivity contribution in [2.24, 2.45) is 0 Å². The number of aryl methyl sites for hydroxylation is 1. The van der Waals surface area contributed by atoms with Crippen molar-refractivity contribution in [1.29, 1.82) is 0 Å². The highest BCUT2D eigenvalue weighted by atomic mass is 32.1. The fourth-order valence-electron chi connectivity index (χ4n) is 2.28. The van der Waals surface area contributed by atoms with Gasteiger partial charge in [0.2, 0.25) is 0 Å². The molecule has 0 unspecified atom stereocenters. The topological polar surface area (TPSA) is 76.1 Å². The zero-order valence-corrected chi connectivity index (χ0v) is 14.6. The number of rotatable bonds is 7. The number of hydrogen-bond donors (Lipinski definition) is 1. The first kappa shape index (κ1) is 17.8. The van der Waals surface area contributed by atoms with Gasteiger partial charge in [0.1, 0.15) is 18.0 Å². The summed E-state index contributed by atoms with van der Waals surface area (Å²) in [6, 6.07) is 7.07. The van der Waals surface area contributed by atoms with Crippen molar-refractivity contribution >= 4 is 23.2 Å². The summed E-state index contributed by atoms with van der Waals surface area (Å²) in [7, 11) is 3.07. The van der Waals surface area contributed by atoms with Gasteiger partial charge in [0.05, 0.1) is 19.1 Å². The Morgan fingerprint density at radius 1 is 1.17 bits per heavy atom. The predicted molar refractivity (Wildman–Crippen MR) is 91.0 cm³/mol. The number of amides is 1. The van der Waals surface area contributed by atoms with E-state index in [0.717, 1.165) is 11.1 Å². The van der Waals surface area contributed by atoms with E-state index in [2.05, 4.69) is 0 Å². The number of thiophene rings is 1. The molecule has 7 heteroatoms. The zero-order valence-electron chi connectivity index (χ0n) is 13.7. The van der Waals surface area contributed by atoms with Crippen molar-refractivity contribution in [3.8, 4) is 11.5 Å². The molecule has 0 aliphatic heterocycles. The number of carboxylic acid groups (broad SMARTS) is 1. The molecule has 0 bridgehead atoms. The smallest absolute Gasteiger partial charge is 0.323 e. The zero-order chi connectivity index (χ0) is 17.7. The minimum atomic E-state index is -1.06. The fraction of sp³-hybridized carbons (Fsp3) is 0.294. The molecular weight excluding hydrogens is 330 g/mol. The summed E-state index contributed by atoms with van der Waals surface area (Å²) in [4.78, 5) is 25.7. The van der Waals surface area contributed by atoms with Crippen LogP contribution in [0.25, 0.3) is 0 Å². The molecule has 0 radical (unpaired) electrons. The van der Waals surface area contributed by atoms with Gasteiger partial charge in [-0.25, -0.2) is 0 Å². The van der Waals surface area contributed by atoms with Crippen molar-refractivity contribution in [2.75, 3.05) is 20.8 Å². The van der Waals surface area contributed by atoms with Crippen LogP contribution in [0.2, 0.25) is 0 Å². The Labute approximate surface area is 144 Å². The molecule has 1 aromatic heterocycles. The molecule has 24 heavy (non-hydrogen) atoms. The highest BCUT2D eigenvalue weighted by Gasteiger charge is 2.22. The van der Waals surface area contributed by atoms with Gasteiger partial charge in [0.15, 0.2) is 0 Å². The van der Waals surface area contributed by atoms with Crippen molar-refractivity contribution in [2.45, 2.75) is 13.5 Å². The summed E-state index contributed by atoms with van der Waals surface area (Å²) in [5.41, 5.74) is 1.57. The number of methoxy groups -OCH3 is 2. The van der Waals surface area contributed by atoms with E-state index in [1.807, 2.05) is 18.4 Å². The van der Waals surface area contributed by atoms with Gasteiger partial charge in [0.25, 0.3) is 5.91 Å². The maximum absolute atomic E-state index is 12.7. The van der Waals surface area contributed by atoms with Gasteiger partial charge < -0.3 is 19.5 Å². The Hall–Kier alpha value is -2.54. The average molecular weight is 349 g/mol. The molecule has 1 aromatic carbocycles. The lowest BCUT2D eigenvalue weighted by atomic mass is 10.1. The third-order valence-corrected chi connectivity index (χ3v) is 4.46. The van der Waals surface area contributed by atoms with Crippen LogP contribution < -0.4 is 9.47 Å². The maximum atomic E-state index is 12.7. The number of benzene rings is 1.